The van der Waals surface area contributed by atoms with Crippen molar-refractivity contribution in [2.24, 2.45) is 0 Å². The molecule has 0 saturated heterocycles. The SMILES string of the molecule is Cc1nc(CN(C)CC(O)COc2ccccc2C(F)(F)F)no1. The Hall–Kier alpha value is -2.13. The standard InChI is InChI=1S/C15H18F3N3O3/c1-10-19-14(20-24-10)8-21(2)7-11(22)9-23-13-6-4-3-5-12(13)15(16,17)18/h3-6,11,22H,7-9H2,1-2H3. The highest BCUT2D eigenvalue weighted by Crippen LogP contribution is 2.35. The number of hydrogen-bond donors (Lipinski definition) is 1. The molecular weight excluding hydrogens is 327 g/mol. The summed E-state index contributed by atoms with van der Waals surface area (Å²) in [7, 11) is 1.72. The van der Waals surface area contributed by atoms with Crippen molar-refractivity contribution in [3.05, 3.63) is 41.5 Å². The van der Waals surface area contributed by atoms with Gasteiger partial charge in [0.05, 0.1) is 12.1 Å². The van der Waals surface area contributed by atoms with Crippen molar-refractivity contribution in [2.45, 2.75) is 25.7 Å². The van der Waals surface area contributed by atoms with E-state index < -0.39 is 17.8 Å². The molecule has 0 radical (unpaired) electrons. The monoisotopic (exact) mass is 345 g/mol. The Balaban J connectivity index is 1.86. The van der Waals surface area contributed by atoms with Gasteiger partial charge in [0, 0.05) is 13.5 Å². The van der Waals surface area contributed by atoms with Gasteiger partial charge in [0.15, 0.2) is 5.82 Å². The molecule has 0 aliphatic rings. The van der Waals surface area contributed by atoms with Gasteiger partial charge in [-0.1, -0.05) is 17.3 Å². The molecule has 0 bridgehead atoms. The van der Waals surface area contributed by atoms with Crippen LogP contribution in [0.5, 0.6) is 5.75 Å². The molecule has 1 heterocycles. The van der Waals surface area contributed by atoms with Gasteiger partial charge < -0.3 is 14.4 Å². The minimum atomic E-state index is -4.51. The van der Waals surface area contributed by atoms with Crippen molar-refractivity contribution >= 4 is 0 Å². The summed E-state index contributed by atoms with van der Waals surface area (Å²) in [6.07, 6.45) is -5.47. The Morgan fingerprint density at radius 1 is 1.33 bits per heavy atom. The largest absolute Gasteiger partial charge is 0.490 e. The van der Waals surface area contributed by atoms with Crippen LogP contribution in [0.1, 0.15) is 17.3 Å². The number of aliphatic hydroxyl groups excluding tert-OH is 1. The Kier molecular flexibility index (Phi) is 5.79. The summed E-state index contributed by atoms with van der Waals surface area (Å²) in [5, 5.41) is 13.7. The van der Waals surface area contributed by atoms with Crippen LogP contribution in [0.3, 0.4) is 0 Å². The second-order valence-corrected chi connectivity index (χ2v) is 5.39. The van der Waals surface area contributed by atoms with E-state index in [-0.39, 0.29) is 18.9 Å². The number of aliphatic hydroxyl groups is 1. The number of likely N-dealkylation sites (N-methyl/N-ethyl adjacent to an activating group) is 1. The molecule has 132 valence electrons. The van der Waals surface area contributed by atoms with Crippen molar-refractivity contribution < 1.29 is 27.5 Å². The van der Waals surface area contributed by atoms with Crippen LogP contribution in [0.15, 0.2) is 28.8 Å². The summed E-state index contributed by atoms with van der Waals surface area (Å²) >= 11 is 0. The van der Waals surface area contributed by atoms with Crippen LogP contribution in [-0.2, 0) is 12.7 Å². The summed E-state index contributed by atoms with van der Waals surface area (Å²) in [5.41, 5.74) is -0.868. The molecule has 0 saturated carbocycles. The molecule has 2 rings (SSSR count). The highest BCUT2D eigenvalue weighted by molar-refractivity contribution is 5.35. The van der Waals surface area contributed by atoms with Crippen LogP contribution >= 0.6 is 0 Å². The fourth-order valence-corrected chi connectivity index (χ4v) is 2.14. The molecule has 1 N–H and O–H groups in total. The summed E-state index contributed by atoms with van der Waals surface area (Å²) in [6, 6.07) is 4.89. The highest BCUT2D eigenvalue weighted by Gasteiger charge is 2.34. The second kappa shape index (κ2) is 7.63. The number of para-hydroxylation sites is 1. The summed E-state index contributed by atoms with van der Waals surface area (Å²) < 4.78 is 48.5. The lowest BCUT2D eigenvalue weighted by Crippen LogP contribution is -2.33. The molecule has 1 unspecified atom stereocenters. The zero-order valence-electron chi connectivity index (χ0n) is 13.2. The van der Waals surface area contributed by atoms with Crippen LogP contribution in [0.4, 0.5) is 13.2 Å². The molecule has 0 fully saturated rings. The predicted octanol–water partition coefficient (Wildman–Crippen LogP) is 2.27. The van der Waals surface area contributed by atoms with Crippen molar-refractivity contribution in [3.63, 3.8) is 0 Å². The predicted molar refractivity (Wildman–Crippen MR) is 78.3 cm³/mol. The average Bonchev–Trinajstić information content (AvgIpc) is 2.89. The maximum Gasteiger partial charge on any atom is 0.419 e. The normalized spacial score (nSPS) is 13.3. The van der Waals surface area contributed by atoms with Gasteiger partial charge in [0.1, 0.15) is 18.5 Å². The fraction of sp³-hybridized carbons (Fsp3) is 0.467. The smallest absolute Gasteiger partial charge is 0.419 e. The molecule has 0 amide bonds. The van der Waals surface area contributed by atoms with Gasteiger partial charge in [-0.05, 0) is 19.2 Å². The number of halogens is 3. The second-order valence-electron chi connectivity index (χ2n) is 5.39. The van der Waals surface area contributed by atoms with Crippen LogP contribution in [0.2, 0.25) is 0 Å². The lowest BCUT2D eigenvalue weighted by atomic mass is 10.2. The van der Waals surface area contributed by atoms with Crippen molar-refractivity contribution in [1.82, 2.24) is 15.0 Å². The number of rotatable bonds is 7. The summed E-state index contributed by atoms with van der Waals surface area (Å²) in [6.45, 7) is 1.93. The topological polar surface area (TPSA) is 71.6 Å². The number of aromatic nitrogens is 2. The van der Waals surface area contributed by atoms with E-state index in [0.717, 1.165) is 6.07 Å². The van der Waals surface area contributed by atoms with Gasteiger partial charge in [-0.15, -0.1) is 0 Å². The van der Waals surface area contributed by atoms with Crippen molar-refractivity contribution in [3.8, 4) is 5.75 Å². The summed E-state index contributed by atoms with van der Waals surface area (Å²) in [5.74, 6) is 0.595. The van der Waals surface area contributed by atoms with Gasteiger partial charge in [-0.2, -0.15) is 18.2 Å². The lowest BCUT2D eigenvalue weighted by molar-refractivity contribution is -0.139. The molecule has 24 heavy (non-hydrogen) atoms. The first kappa shape index (κ1) is 18.2. The quantitative estimate of drug-likeness (QED) is 0.830. The highest BCUT2D eigenvalue weighted by atomic mass is 19.4. The molecular formula is C15H18F3N3O3. The molecule has 1 aromatic carbocycles. The van der Waals surface area contributed by atoms with Crippen molar-refractivity contribution in [2.75, 3.05) is 20.2 Å². The van der Waals surface area contributed by atoms with E-state index in [1.807, 2.05) is 0 Å². The molecule has 0 aliphatic carbocycles. The Bertz CT molecular complexity index is 661. The molecule has 6 nitrogen and oxygen atoms in total. The van der Waals surface area contributed by atoms with Gasteiger partial charge in [-0.25, -0.2) is 0 Å². The van der Waals surface area contributed by atoms with E-state index in [1.165, 1.54) is 18.2 Å². The van der Waals surface area contributed by atoms with Crippen LogP contribution < -0.4 is 4.74 Å². The maximum absolute atomic E-state index is 12.9. The lowest BCUT2D eigenvalue weighted by Gasteiger charge is -2.20. The zero-order chi connectivity index (χ0) is 17.7. The summed E-state index contributed by atoms with van der Waals surface area (Å²) in [4.78, 5) is 5.75. The molecule has 1 aromatic heterocycles. The number of ether oxygens (including phenoxy) is 1. The first-order chi connectivity index (χ1) is 11.3. The van der Waals surface area contributed by atoms with Gasteiger partial charge in [-0.3, -0.25) is 4.90 Å². The van der Waals surface area contributed by atoms with Crippen LogP contribution in [0.25, 0.3) is 0 Å². The Labute approximate surface area is 136 Å². The third-order valence-corrected chi connectivity index (χ3v) is 3.13. The van der Waals surface area contributed by atoms with E-state index in [2.05, 4.69) is 10.1 Å². The molecule has 1 atom stereocenters. The molecule has 0 spiro atoms. The van der Waals surface area contributed by atoms with Gasteiger partial charge in [0.2, 0.25) is 5.89 Å². The van der Waals surface area contributed by atoms with Gasteiger partial charge in [0.25, 0.3) is 0 Å². The van der Waals surface area contributed by atoms with E-state index in [1.54, 1.807) is 18.9 Å². The Morgan fingerprint density at radius 2 is 2.04 bits per heavy atom. The Morgan fingerprint density at radius 3 is 2.67 bits per heavy atom. The van der Waals surface area contributed by atoms with Crippen molar-refractivity contribution in [1.29, 1.82) is 0 Å². The molecule has 0 aliphatic heterocycles. The minimum absolute atomic E-state index is 0.182. The minimum Gasteiger partial charge on any atom is -0.490 e. The number of hydrogen-bond acceptors (Lipinski definition) is 6. The molecule has 2 aromatic rings. The maximum atomic E-state index is 12.9. The van der Waals surface area contributed by atoms with Crippen LogP contribution in [0, 0.1) is 6.92 Å². The average molecular weight is 345 g/mol. The zero-order valence-corrected chi connectivity index (χ0v) is 13.2. The van der Waals surface area contributed by atoms with E-state index in [4.69, 9.17) is 9.26 Å². The number of benzene rings is 1. The van der Waals surface area contributed by atoms with Crippen LogP contribution in [-0.4, -0.2) is 46.5 Å². The fourth-order valence-electron chi connectivity index (χ4n) is 2.14. The number of nitrogens with zero attached hydrogens (tertiary/aromatic N) is 3. The van der Waals surface area contributed by atoms with E-state index >= 15 is 0 Å². The van der Waals surface area contributed by atoms with Gasteiger partial charge >= 0.3 is 6.18 Å². The first-order valence-electron chi connectivity index (χ1n) is 7.20. The number of alkyl halides is 3. The molecule has 9 heteroatoms. The third kappa shape index (κ3) is 5.20. The van der Waals surface area contributed by atoms with E-state index in [9.17, 15) is 18.3 Å². The first-order valence-corrected chi connectivity index (χ1v) is 7.20. The number of aryl methyl sites for hydroxylation is 1. The van der Waals surface area contributed by atoms with E-state index in [0.29, 0.717) is 18.3 Å². The third-order valence-electron chi connectivity index (χ3n) is 3.13.